The Morgan fingerprint density at radius 1 is 1.17 bits per heavy atom. The molecule has 0 saturated carbocycles. The third-order valence-corrected chi connectivity index (χ3v) is 6.11. The molecule has 0 N–H and O–H groups in total. The van der Waals surface area contributed by atoms with Crippen LogP contribution in [0.2, 0.25) is 5.02 Å². The van der Waals surface area contributed by atoms with Crippen molar-refractivity contribution in [2.45, 2.75) is 13.6 Å². The maximum atomic E-state index is 9.08. The van der Waals surface area contributed by atoms with Gasteiger partial charge in [-0.25, -0.2) is 4.98 Å². The van der Waals surface area contributed by atoms with Crippen LogP contribution in [0.25, 0.3) is 5.69 Å². The molecule has 0 radical (unpaired) electrons. The number of benzene rings is 1. The highest BCUT2D eigenvalue weighted by molar-refractivity contribution is 7.71. The minimum atomic E-state index is 0.640. The van der Waals surface area contributed by atoms with Crippen molar-refractivity contribution in [2.75, 3.05) is 31.1 Å². The van der Waals surface area contributed by atoms with Gasteiger partial charge in [0, 0.05) is 49.8 Å². The van der Waals surface area contributed by atoms with Gasteiger partial charge >= 0.3 is 0 Å². The molecule has 4 rings (SSSR count). The van der Waals surface area contributed by atoms with Gasteiger partial charge in [0.2, 0.25) is 0 Å². The molecule has 0 spiro atoms. The first-order valence-electron chi connectivity index (χ1n) is 9.43. The number of hydrogen-bond acceptors (Lipinski definition) is 5. The summed E-state index contributed by atoms with van der Waals surface area (Å²) in [5.41, 5.74) is 2.67. The van der Waals surface area contributed by atoms with Crippen molar-refractivity contribution >= 4 is 29.6 Å². The highest BCUT2D eigenvalue weighted by atomic mass is 35.5. The molecule has 0 aliphatic carbocycles. The Balaban J connectivity index is 1.44. The number of rotatable bonds is 4. The number of aromatic nitrogens is 3. The average molecular weight is 425 g/mol. The Labute approximate surface area is 180 Å². The molecular weight excluding hydrogens is 404 g/mol. The van der Waals surface area contributed by atoms with E-state index in [9.17, 15) is 0 Å². The molecular formula is C21H21ClN6S. The summed E-state index contributed by atoms with van der Waals surface area (Å²) < 4.78 is 4.84. The van der Waals surface area contributed by atoms with E-state index in [1.54, 1.807) is 12.3 Å². The molecule has 2 aromatic heterocycles. The van der Waals surface area contributed by atoms with Gasteiger partial charge < -0.3 is 9.47 Å². The summed E-state index contributed by atoms with van der Waals surface area (Å²) in [6, 6.07) is 11.6. The van der Waals surface area contributed by atoms with Crippen LogP contribution in [0.1, 0.15) is 11.1 Å². The van der Waals surface area contributed by atoms with Crippen LogP contribution < -0.4 is 4.90 Å². The number of nitriles is 1. The molecule has 29 heavy (non-hydrogen) atoms. The highest BCUT2D eigenvalue weighted by Gasteiger charge is 2.19. The second kappa shape index (κ2) is 8.37. The van der Waals surface area contributed by atoms with Gasteiger partial charge in [-0.3, -0.25) is 9.47 Å². The van der Waals surface area contributed by atoms with Crippen molar-refractivity contribution in [3.05, 3.63) is 69.8 Å². The van der Waals surface area contributed by atoms with E-state index >= 15 is 0 Å². The van der Waals surface area contributed by atoms with Gasteiger partial charge in [0.15, 0.2) is 4.77 Å². The lowest BCUT2D eigenvalue weighted by atomic mass is 10.2. The Morgan fingerprint density at radius 2 is 1.97 bits per heavy atom. The summed E-state index contributed by atoms with van der Waals surface area (Å²) in [4.78, 5) is 9.00. The molecule has 1 aliphatic heterocycles. The first kappa shape index (κ1) is 19.6. The predicted molar refractivity (Wildman–Crippen MR) is 117 cm³/mol. The monoisotopic (exact) mass is 424 g/mol. The first-order chi connectivity index (χ1) is 14.1. The van der Waals surface area contributed by atoms with Crippen LogP contribution in [0.3, 0.4) is 0 Å². The molecule has 8 heteroatoms. The lowest BCUT2D eigenvalue weighted by molar-refractivity contribution is 0.204. The van der Waals surface area contributed by atoms with Crippen molar-refractivity contribution in [2.24, 2.45) is 0 Å². The number of piperazine rings is 1. The van der Waals surface area contributed by atoms with Gasteiger partial charge in [0.05, 0.1) is 24.0 Å². The van der Waals surface area contributed by atoms with E-state index in [0.29, 0.717) is 5.56 Å². The standard InChI is InChI=1S/C21H21ClN6S/c1-16-18(22)3-2-4-19(16)28-12-11-27(21(28)29)15-25-7-9-26(10-8-25)20-13-17(14-23)5-6-24-20/h2-6,11-13H,7-10,15H2,1H3. The number of pyridine rings is 1. The molecule has 3 aromatic rings. The van der Waals surface area contributed by atoms with Gasteiger partial charge in [-0.2, -0.15) is 5.26 Å². The van der Waals surface area contributed by atoms with E-state index in [4.69, 9.17) is 29.1 Å². The second-order valence-corrected chi connectivity index (χ2v) is 7.84. The topological polar surface area (TPSA) is 53.0 Å². The van der Waals surface area contributed by atoms with E-state index in [-0.39, 0.29) is 0 Å². The van der Waals surface area contributed by atoms with E-state index in [2.05, 4.69) is 25.4 Å². The third-order valence-electron chi connectivity index (χ3n) is 5.27. The zero-order valence-corrected chi connectivity index (χ0v) is 17.7. The third kappa shape index (κ3) is 4.06. The normalized spacial score (nSPS) is 14.7. The number of imidazole rings is 1. The van der Waals surface area contributed by atoms with Crippen LogP contribution in [0.5, 0.6) is 0 Å². The summed E-state index contributed by atoms with van der Waals surface area (Å²) in [5.74, 6) is 0.864. The number of hydrogen-bond donors (Lipinski definition) is 0. The summed E-state index contributed by atoms with van der Waals surface area (Å²) >= 11 is 12.0. The Hall–Kier alpha value is -2.66. The van der Waals surface area contributed by atoms with Crippen LogP contribution in [-0.4, -0.2) is 45.2 Å². The maximum Gasteiger partial charge on any atom is 0.185 e. The fraction of sp³-hybridized carbons (Fsp3) is 0.286. The van der Waals surface area contributed by atoms with Crippen molar-refractivity contribution in [1.82, 2.24) is 19.0 Å². The van der Waals surface area contributed by atoms with E-state index in [1.807, 2.05) is 48.1 Å². The van der Waals surface area contributed by atoms with Crippen molar-refractivity contribution in [1.29, 1.82) is 5.26 Å². The zero-order valence-electron chi connectivity index (χ0n) is 16.1. The van der Waals surface area contributed by atoms with Gasteiger partial charge in [0.25, 0.3) is 0 Å². The Morgan fingerprint density at radius 3 is 2.72 bits per heavy atom. The number of anilines is 1. The van der Waals surface area contributed by atoms with Crippen LogP contribution >= 0.6 is 23.8 Å². The summed E-state index contributed by atoms with van der Waals surface area (Å²) in [6.07, 6.45) is 5.71. The molecule has 0 unspecified atom stereocenters. The molecule has 3 heterocycles. The van der Waals surface area contributed by atoms with Crippen LogP contribution in [0.4, 0.5) is 5.82 Å². The fourth-order valence-corrected chi connectivity index (χ4v) is 4.00. The molecule has 0 bridgehead atoms. The minimum absolute atomic E-state index is 0.640. The summed E-state index contributed by atoms with van der Waals surface area (Å²) in [7, 11) is 0. The van der Waals surface area contributed by atoms with E-state index in [1.165, 1.54) is 0 Å². The lowest BCUT2D eigenvalue weighted by Crippen LogP contribution is -2.47. The largest absolute Gasteiger partial charge is 0.354 e. The van der Waals surface area contributed by atoms with Crippen LogP contribution in [0, 0.1) is 23.0 Å². The Kier molecular flexibility index (Phi) is 5.67. The molecule has 0 atom stereocenters. The molecule has 6 nitrogen and oxygen atoms in total. The number of halogens is 1. The number of nitrogens with zero attached hydrogens (tertiary/aromatic N) is 6. The van der Waals surface area contributed by atoms with Crippen molar-refractivity contribution in [3.63, 3.8) is 0 Å². The summed E-state index contributed by atoms with van der Waals surface area (Å²) in [5, 5.41) is 9.82. The molecule has 0 amide bonds. The van der Waals surface area contributed by atoms with Crippen LogP contribution in [-0.2, 0) is 6.67 Å². The molecule has 1 fully saturated rings. The molecule has 148 valence electrons. The lowest BCUT2D eigenvalue weighted by Gasteiger charge is -2.35. The average Bonchev–Trinajstić information content (AvgIpc) is 3.10. The van der Waals surface area contributed by atoms with Crippen LogP contribution in [0.15, 0.2) is 48.9 Å². The van der Waals surface area contributed by atoms with Crippen molar-refractivity contribution < 1.29 is 0 Å². The zero-order chi connectivity index (χ0) is 20.4. The quantitative estimate of drug-likeness (QED) is 0.592. The first-order valence-corrected chi connectivity index (χ1v) is 10.2. The van der Waals surface area contributed by atoms with E-state index < -0.39 is 0 Å². The van der Waals surface area contributed by atoms with E-state index in [0.717, 1.165) is 59.7 Å². The Bertz CT molecular complexity index is 1120. The van der Waals surface area contributed by atoms with Gasteiger partial charge in [0.1, 0.15) is 5.82 Å². The molecule has 1 aliphatic rings. The predicted octanol–water partition coefficient (Wildman–Crippen LogP) is 4.02. The van der Waals surface area contributed by atoms with Gasteiger partial charge in [-0.05, 0) is 49.0 Å². The molecule has 1 aromatic carbocycles. The summed E-state index contributed by atoms with van der Waals surface area (Å²) in [6.45, 7) is 6.28. The minimum Gasteiger partial charge on any atom is -0.354 e. The fourth-order valence-electron chi connectivity index (χ4n) is 3.56. The second-order valence-electron chi connectivity index (χ2n) is 7.07. The molecule has 1 saturated heterocycles. The smallest absolute Gasteiger partial charge is 0.185 e. The highest BCUT2D eigenvalue weighted by Crippen LogP contribution is 2.23. The van der Waals surface area contributed by atoms with Crippen molar-refractivity contribution in [3.8, 4) is 11.8 Å². The van der Waals surface area contributed by atoms with Gasteiger partial charge in [-0.15, -0.1) is 0 Å². The maximum absolute atomic E-state index is 9.08. The van der Waals surface area contributed by atoms with Gasteiger partial charge in [-0.1, -0.05) is 17.7 Å². The SMILES string of the molecule is Cc1c(Cl)cccc1-n1ccn(CN2CCN(c3cc(C#N)ccn3)CC2)c1=S.